The molecule has 0 spiro atoms. The average Bonchev–Trinajstić information content (AvgIpc) is 2.39. The van der Waals surface area contributed by atoms with Crippen LogP contribution in [0.3, 0.4) is 0 Å². The lowest BCUT2D eigenvalue weighted by atomic mass is 10.2. The summed E-state index contributed by atoms with van der Waals surface area (Å²) in [5.41, 5.74) is 0.271. The fourth-order valence-corrected chi connectivity index (χ4v) is 3.11. The van der Waals surface area contributed by atoms with Crippen LogP contribution in [0.15, 0.2) is 23.1 Å². The molecule has 1 aromatic rings. The molecule has 0 aliphatic heterocycles. The Morgan fingerprint density at radius 1 is 1.36 bits per heavy atom. The molecule has 0 saturated heterocycles. The fourth-order valence-electron chi connectivity index (χ4n) is 2.00. The van der Waals surface area contributed by atoms with Gasteiger partial charge in [0, 0.05) is 26.6 Å². The highest BCUT2D eigenvalue weighted by atomic mass is 32.2. The smallest absolute Gasteiger partial charge is 0.240 e. The molecule has 22 heavy (non-hydrogen) atoms. The molecule has 1 amide bonds. The number of carbonyl (C=O) groups is 1. The van der Waals surface area contributed by atoms with Crippen LogP contribution in [0.1, 0.15) is 26.3 Å². The predicted octanol–water partition coefficient (Wildman–Crippen LogP) is 1.92. The van der Waals surface area contributed by atoms with Crippen molar-refractivity contribution < 1.29 is 17.6 Å². The van der Waals surface area contributed by atoms with E-state index in [1.165, 1.54) is 26.0 Å². The van der Waals surface area contributed by atoms with E-state index in [0.717, 1.165) is 6.07 Å². The van der Waals surface area contributed by atoms with Crippen molar-refractivity contribution in [2.24, 2.45) is 5.92 Å². The summed E-state index contributed by atoms with van der Waals surface area (Å²) < 4.78 is 39.9. The Labute approximate surface area is 131 Å². The highest BCUT2D eigenvalue weighted by molar-refractivity contribution is 7.89. The van der Waals surface area contributed by atoms with Crippen molar-refractivity contribution in [2.75, 3.05) is 19.6 Å². The van der Waals surface area contributed by atoms with Gasteiger partial charge in [-0.1, -0.05) is 13.8 Å². The van der Waals surface area contributed by atoms with Crippen molar-refractivity contribution in [3.05, 3.63) is 29.6 Å². The third-order valence-corrected chi connectivity index (χ3v) is 4.60. The van der Waals surface area contributed by atoms with Gasteiger partial charge in [-0.3, -0.25) is 4.79 Å². The molecule has 1 N–H and O–H groups in total. The van der Waals surface area contributed by atoms with Crippen LogP contribution in [-0.2, 0) is 14.8 Å². The number of amides is 1. The van der Waals surface area contributed by atoms with Crippen LogP contribution < -0.4 is 4.72 Å². The maximum absolute atomic E-state index is 13.2. The number of hydrogen-bond donors (Lipinski definition) is 1. The minimum absolute atomic E-state index is 0.0182. The van der Waals surface area contributed by atoms with E-state index in [0.29, 0.717) is 19.0 Å². The van der Waals surface area contributed by atoms with Crippen molar-refractivity contribution in [3.63, 3.8) is 0 Å². The van der Waals surface area contributed by atoms with E-state index in [9.17, 15) is 17.6 Å². The Hall–Kier alpha value is -1.47. The van der Waals surface area contributed by atoms with Crippen LogP contribution in [0.4, 0.5) is 4.39 Å². The maximum Gasteiger partial charge on any atom is 0.240 e. The van der Waals surface area contributed by atoms with Crippen LogP contribution >= 0.6 is 0 Å². The number of halogens is 1. The van der Waals surface area contributed by atoms with Crippen LogP contribution in [0, 0.1) is 18.7 Å². The number of hydrogen-bond acceptors (Lipinski definition) is 3. The standard InChI is InChI=1S/C15H23FN2O3S/c1-11(2)10-18(13(4)19)8-7-17-22(20,21)14-5-6-15(16)12(3)9-14/h5-6,9,11,17H,7-8,10H2,1-4H3. The van der Waals surface area contributed by atoms with Crippen molar-refractivity contribution in [1.82, 2.24) is 9.62 Å². The van der Waals surface area contributed by atoms with E-state index < -0.39 is 15.8 Å². The van der Waals surface area contributed by atoms with Crippen molar-refractivity contribution in [2.45, 2.75) is 32.6 Å². The van der Waals surface area contributed by atoms with Gasteiger partial charge in [0.05, 0.1) is 4.90 Å². The number of nitrogens with one attached hydrogen (secondary N) is 1. The number of rotatable bonds is 7. The van der Waals surface area contributed by atoms with E-state index in [2.05, 4.69) is 4.72 Å². The first-order valence-corrected chi connectivity index (χ1v) is 8.63. The largest absolute Gasteiger partial charge is 0.341 e. The Morgan fingerprint density at radius 3 is 2.50 bits per heavy atom. The minimum atomic E-state index is -3.70. The van der Waals surface area contributed by atoms with Gasteiger partial charge >= 0.3 is 0 Å². The quantitative estimate of drug-likeness (QED) is 0.830. The number of sulfonamides is 1. The second-order valence-electron chi connectivity index (χ2n) is 5.67. The molecule has 5 nitrogen and oxygen atoms in total. The summed E-state index contributed by atoms with van der Waals surface area (Å²) in [6.45, 7) is 7.93. The minimum Gasteiger partial charge on any atom is -0.341 e. The summed E-state index contributed by atoms with van der Waals surface area (Å²) in [5, 5.41) is 0. The molecule has 124 valence electrons. The molecular formula is C15H23FN2O3S. The molecule has 7 heteroatoms. The zero-order chi connectivity index (χ0) is 16.9. The molecule has 1 rings (SSSR count). The molecule has 0 radical (unpaired) electrons. The molecule has 0 heterocycles. The summed E-state index contributed by atoms with van der Waals surface area (Å²) in [7, 11) is -3.70. The van der Waals surface area contributed by atoms with Crippen molar-refractivity contribution in [3.8, 4) is 0 Å². The first-order chi connectivity index (χ1) is 10.1. The summed E-state index contributed by atoms with van der Waals surface area (Å²) in [4.78, 5) is 13.1. The third-order valence-electron chi connectivity index (χ3n) is 3.14. The van der Waals surface area contributed by atoms with E-state index in [4.69, 9.17) is 0 Å². The fraction of sp³-hybridized carbons (Fsp3) is 0.533. The predicted molar refractivity (Wildman–Crippen MR) is 83.4 cm³/mol. The first-order valence-electron chi connectivity index (χ1n) is 7.15. The molecule has 0 fully saturated rings. The van der Waals surface area contributed by atoms with Gasteiger partial charge in [-0.2, -0.15) is 0 Å². The monoisotopic (exact) mass is 330 g/mol. The molecule has 0 unspecified atom stereocenters. The zero-order valence-electron chi connectivity index (χ0n) is 13.4. The number of aryl methyl sites for hydroxylation is 1. The van der Waals surface area contributed by atoms with Crippen molar-refractivity contribution in [1.29, 1.82) is 0 Å². The van der Waals surface area contributed by atoms with Gasteiger partial charge in [0.15, 0.2) is 0 Å². The maximum atomic E-state index is 13.2. The summed E-state index contributed by atoms with van der Waals surface area (Å²) in [6.07, 6.45) is 0. The molecule has 0 aromatic heterocycles. The Morgan fingerprint density at radius 2 is 2.00 bits per heavy atom. The molecule has 0 aliphatic rings. The second-order valence-corrected chi connectivity index (χ2v) is 7.43. The Balaban J connectivity index is 2.69. The second kappa shape index (κ2) is 7.69. The summed E-state index contributed by atoms with van der Waals surface area (Å²) >= 11 is 0. The summed E-state index contributed by atoms with van der Waals surface area (Å²) in [5.74, 6) is -0.232. The Kier molecular flexibility index (Phi) is 6.49. The van der Waals surface area contributed by atoms with Crippen molar-refractivity contribution >= 4 is 15.9 Å². The molecule has 0 aliphatic carbocycles. The highest BCUT2D eigenvalue weighted by Crippen LogP contribution is 2.13. The lowest BCUT2D eigenvalue weighted by molar-refractivity contribution is -0.129. The van der Waals surface area contributed by atoms with Gasteiger partial charge in [0.25, 0.3) is 0 Å². The molecule has 0 atom stereocenters. The third kappa shape index (κ3) is 5.38. The normalized spacial score (nSPS) is 11.7. The topological polar surface area (TPSA) is 66.5 Å². The highest BCUT2D eigenvalue weighted by Gasteiger charge is 2.16. The van der Waals surface area contributed by atoms with Gasteiger partial charge in [-0.25, -0.2) is 17.5 Å². The van der Waals surface area contributed by atoms with Crippen LogP contribution in [0.5, 0.6) is 0 Å². The van der Waals surface area contributed by atoms with Gasteiger partial charge < -0.3 is 4.90 Å². The number of benzene rings is 1. The van der Waals surface area contributed by atoms with E-state index in [1.54, 1.807) is 4.90 Å². The van der Waals surface area contributed by atoms with Crippen LogP contribution in [0.2, 0.25) is 0 Å². The lowest BCUT2D eigenvalue weighted by Crippen LogP contribution is -2.39. The van der Waals surface area contributed by atoms with Gasteiger partial charge in [-0.05, 0) is 36.6 Å². The number of carbonyl (C=O) groups excluding carboxylic acids is 1. The molecule has 0 bridgehead atoms. The van der Waals surface area contributed by atoms with E-state index >= 15 is 0 Å². The van der Waals surface area contributed by atoms with Gasteiger partial charge in [0.1, 0.15) is 5.82 Å². The number of nitrogens with zero attached hydrogens (tertiary/aromatic N) is 1. The Bertz CT molecular complexity index is 630. The van der Waals surface area contributed by atoms with Gasteiger partial charge in [-0.15, -0.1) is 0 Å². The van der Waals surface area contributed by atoms with Crippen LogP contribution in [-0.4, -0.2) is 38.9 Å². The van der Waals surface area contributed by atoms with Gasteiger partial charge in [0.2, 0.25) is 15.9 Å². The summed E-state index contributed by atoms with van der Waals surface area (Å²) in [6, 6.07) is 3.64. The first kappa shape index (κ1) is 18.6. The molecule has 1 aromatic carbocycles. The zero-order valence-corrected chi connectivity index (χ0v) is 14.2. The molecular weight excluding hydrogens is 307 g/mol. The molecule has 0 saturated carbocycles. The lowest BCUT2D eigenvalue weighted by Gasteiger charge is -2.23. The SMILES string of the molecule is CC(=O)N(CCNS(=O)(=O)c1ccc(F)c(C)c1)CC(C)C. The van der Waals surface area contributed by atoms with E-state index in [-0.39, 0.29) is 22.9 Å². The van der Waals surface area contributed by atoms with E-state index in [1.807, 2.05) is 13.8 Å². The average molecular weight is 330 g/mol. The van der Waals surface area contributed by atoms with Crippen LogP contribution in [0.25, 0.3) is 0 Å².